The third kappa shape index (κ3) is 4.93. The molecule has 1 unspecified atom stereocenters. The van der Waals surface area contributed by atoms with Gasteiger partial charge in [-0.1, -0.05) is 37.6 Å². The number of carbonyl (C=O) groups is 2. The van der Waals surface area contributed by atoms with Crippen LogP contribution in [-0.2, 0) is 10.5 Å². The standard InChI is InChI=1S/C23H30O5S/c1-2-23(11-4-12-23)20(26)6-3-5-17-18(24)13-19(25)21(17)29-14-15-7-9-16(10-8-15)22(27)28/h3,5,7-10,17-18,20-21,24,26H,2,4,6,11-14H2,1H3,(H,27,28)/b5-3+/t17-,18+,20?,21+/m0/s1. The molecule has 0 radical (unpaired) electrons. The summed E-state index contributed by atoms with van der Waals surface area (Å²) in [6.07, 6.45) is 7.80. The van der Waals surface area contributed by atoms with Crippen molar-refractivity contribution in [2.24, 2.45) is 11.3 Å². The number of thioether (sulfide) groups is 1. The van der Waals surface area contributed by atoms with Gasteiger partial charge in [0.15, 0.2) is 0 Å². The molecule has 158 valence electrons. The lowest BCUT2D eigenvalue weighted by atomic mass is 9.63. The van der Waals surface area contributed by atoms with E-state index in [1.807, 2.05) is 12.2 Å². The summed E-state index contributed by atoms with van der Waals surface area (Å²) in [5.74, 6) is -0.590. The first-order valence-electron chi connectivity index (χ1n) is 10.4. The van der Waals surface area contributed by atoms with Crippen LogP contribution >= 0.6 is 11.8 Å². The van der Waals surface area contributed by atoms with Crippen molar-refractivity contribution in [3.8, 4) is 0 Å². The van der Waals surface area contributed by atoms with Crippen LogP contribution in [0.4, 0.5) is 0 Å². The molecule has 2 saturated carbocycles. The molecule has 0 saturated heterocycles. The Balaban J connectivity index is 1.58. The highest BCUT2D eigenvalue weighted by Crippen LogP contribution is 2.47. The van der Waals surface area contributed by atoms with Crippen LogP contribution in [0.25, 0.3) is 0 Å². The molecule has 0 heterocycles. The van der Waals surface area contributed by atoms with E-state index in [4.69, 9.17) is 5.11 Å². The number of carbonyl (C=O) groups excluding carboxylic acids is 1. The Morgan fingerprint density at radius 1 is 1.31 bits per heavy atom. The molecule has 2 aliphatic rings. The van der Waals surface area contributed by atoms with Gasteiger partial charge >= 0.3 is 5.97 Å². The Bertz CT molecular complexity index is 748. The summed E-state index contributed by atoms with van der Waals surface area (Å²) in [5, 5.41) is 29.6. The van der Waals surface area contributed by atoms with Crippen molar-refractivity contribution in [3.05, 3.63) is 47.5 Å². The highest BCUT2D eigenvalue weighted by molar-refractivity contribution is 7.99. The molecular weight excluding hydrogens is 388 g/mol. The maximum Gasteiger partial charge on any atom is 0.335 e. The molecule has 5 nitrogen and oxygen atoms in total. The lowest BCUT2D eigenvalue weighted by Crippen LogP contribution is -2.40. The zero-order valence-corrected chi connectivity index (χ0v) is 17.6. The summed E-state index contributed by atoms with van der Waals surface area (Å²) in [4.78, 5) is 23.3. The second-order valence-electron chi connectivity index (χ2n) is 8.30. The van der Waals surface area contributed by atoms with Gasteiger partial charge in [-0.25, -0.2) is 4.79 Å². The predicted molar refractivity (Wildman–Crippen MR) is 114 cm³/mol. The second-order valence-corrected chi connectivity index (χ2v) is 9.43. The number of aliphatic hydroxyl groups is 2. The fourth-order valence-corrected chi connectivity index (χ4v) is 5.75. The minimum absolute atomic E-state index is 0.0453. The molecule has 2 fully saturated rings. The van der Waals surface area contributed by atoms with Crippen LogP contribution in [0.3, 0.4) is 0 Å². The third-order valence-electron chi connectivity index (χ3n) is 6.63. The molecule has 2 aliphatic carbocycles. The van der Waals surface area contributed by atoms with E-state index in [1.165, 1.54) is 18.2 Å². The zero-order valence-electron chi connectivity index (χ0n) is 16.8. The van der Waals surface area contributed by atoms with Gasteiger partial charge in [0, 0.05) is 18.1 Å². The minimum atomic E-state index is -0.961. The van der Waals surface area contributed by atoms with Crippen molar-refractivity contribution < 1.29 is 24.9 Å². The topological polar surface area (TPSA) is 94.8 Å². The van der Waals surface area contributed by atoms with E-state index in [2.05, 4.69) is 6.92 Å². The molecule has 29 heavy (non-hydrogen) atoms. The first-order chi connectivity index (χ1) is 13.9. The average molecular weight is 419 g/mol. The molecule has 0 amide bonds. The average Bonchev–Trinajstić information content (AvgIpc) is 2.93. The molecule has 1 aromatic rings. The number of Topliss-reactive ketones (excluding diaryl/α,β-unsaturated/α-hetero) is 1. The van der Waals surface area contributed by atoms with Crippen LogP contribution in [0.2, 0.25) is 0 Å². The van der Waals surface area contributed by atoms with Gasteiger partial charge in [0.1, 0.15) is 5.78 Å². The van der Waals surface area contributed by atoms with Crippen LogP contribution in [0.5, 0.6) is 0 Å². The summed E-state index contributed by atoms with van der Waals surface area (Å²) in [7, 11) is 0. The largest absolute Gasteiger partial charge is 0.478 e. The molecule has 3 N–H and O–H groups in total. The van der Waals surface area contributed by atoms with Crippen molar-refractivity contribution in [1.82, 2.24) is 0 Å². The number of carboxylic acids is 1. The number of hydrogen-bond donors (Lipinski definition) is 3. The summed E-state index contributed by atoms with van der Waals surface area (Å²) in [5.41, 5.74) is 1.23. The molecule has 3 rings (SSSR count). The van der Waals surface area contributed by atoms with Gasteiger partial charge in [0.25, 0.3) is 0 Å². The number of ketones is 1. The number of rotatable bonds is 9. The SMILES string of the molecule is CCC1(C(O)C/C=C/[C@H]2[C@H](O)CC(=O)[C@@H]2SCc2ccc(C(=O)O)cc2)CCC1. The summed E-state index contributed by atoms with van der Waals surface area (Å²) < 4.78 is 0. The highest BCUT2D eigenvalue weighted by Gasteiger charge is 2.42. The summed E-state index contributed by atoms with van der Waals surface area (Å²) >= 11 is 1.49. The Morgan fingerprint density at radius 3 is 2.55 bits per heavy atom. The zero-order chi connectivity index (χ0) is 21.0. The van der Waals surface area contributed by atoms with Gasteiger partial charge in [0.2, 0.25) is 0 Å². The third-order valence-corrected chi connectivity index (χ3v) is 8.07. The first kappa shape index (κ1) is 22.1. The van der Waals surface area contributed by atoms with Gasteiger partial charge in [-0.05, 0) is 48.8 Å². The smallest absolute Gasteiger partial charge is 0.335 e. The molecule has 0 aromatic heterocycles. The summed E-state index contributed by atoms with van der Waals surface area (Å²) in [6.45, 7) is 2.13. The normalized spacial score (nSPS) is 27.1. The van der Waals surface area contributed by atoms with Crippen LogP contribution in [-0.4, -0.2) is 44.5 Å². The fraction of sp³-hybridized carbons (Fsp3) is 0.565. The molecular formula is C23H30O5S. The van der Waals surface area contributed by atoms with E-state index in [0.717, 1.165) is 24.8 Å². The van der Waals surface area contributed by atoms with Crippen molar-refractivity contribution in [3.63, 3.8) is 0 Å². The number of aromatic carboxylic acids is 1. The molecule has 0 bridgehead atoms. The molecule has 0 spiro atoms. The Kier molecular flexibility index (Phi) is 7.19. The molecule has 4 atom stereocenters. The lowest BCUT2D eigenvalue weighted by Gasteiger charge is -2.45. The lowest BCUT2D eigenvalue weighted by molar-refractivity contribution is -0.117. The fourth-order valence-electron chi connectivity index (χ4n) is 4.41. The van der Waals surface area contributed by atoms with E-state index < -0.39 is 12.1 Å². The van der Waals surface area contributed by atoms with E-state index in [-0.39, 0.29) is 40.5 Å². The Labute approximate surface area is 176 Å². The maximum atomic E-state index is 12.4. The summed E-state index contributed by atoms with van der Waals surface area (Å²) in [6, 6.07) is 6.64. The van der Waals surface area contributed by atoms with E-state index in [0.29, 0.717) is 12.2 Å². The molecule has 1 aromatic carbocycles. The number of aliphatic hydroxyl groups excluding tert-OH is 2. The van der Waals surface area contributed by atoms with Crippen LogP contribution in [0.15, 0.2) is 36.4 Å². The van der Waals surface area contributed by atoms with Crippen molar-refractivity contribution in [1.29, 1.82) is 0 Å². The Morgan fingerprint density at radius 2 is 2.00 bits per heavy atom. The molecule has 6 heteroatoms. The van der Waals surface area contributed by atoms with Gasteiger partial charge in [-0.15, -0.1) is 11.8 Å². The van der Waals surface area contributed by atoms with E-state index in [1.54, 1.807) is 24.3 Å². The van der Waals surface area contributed by atoms with Gasteiger partial charge in [0.05, 0.1) is 23.0 Å². The van der Waals surface area contributed by atoms with Gasteiger partial charge in [-0.2, -0.15) is 0 Å². The first-order valence-corrected chi connectivity index (χ1v) is 11.4. The second kappa shape index (κ2) is 9.45. The minimum Gasteiger partial charge on any atom is -0.478 e. The predicted octanol–water partition coefficient (Wildman–Crippen LogP) is 3.82. The monoisotopic (exact) mass is 418 g/mol. The molecule has 0 aliphatic heterocycles. The quantitative estimate of drug-likeness (QED) is 0.528. The van der Waals surface area contributed by atoms with Crippen LogP contribution in [0, 0.1) is 11.3 Å². The van der Waals surface area contributed by atoms with E-state index >= 15 is 0 Å². The Hall–Kier alpha value is -1.63. The van der Waals surface area contributed by atoms with Crippen molar-refractivity contribution in [2.75, 3.05) is 0 Å². The maximum absolute atomic E-state index is 12.4. The van der Waals surface area contributed by atoms with Crippen molar-refractivity contribution in [2.45, 2.75) is 68.7 Å². The van der Waals surface area contributed by atoms with Gasteiger partial charge in [-0.3, -0.25) is 4.79 Å². The van der Waals surface area contributed by atoms with Gasteiger partial charge < -0.3 is 15.3 Å². The van der Waals surface area contributed by atoms with Crippen LogP contribution in [0.1, 0.15) is 61.4 Å². The highest BCUT2D eigenvalue weighted by atomic mass is 32.2. The van der Waals surface area contributed by atoms with Crippen molar-refractivity contribution >= 4 is 23.5 Å². The number of hydrogen-bond acceptors (Lipinski definition) is 5. The van der Waals surface area contributed by atoms with E-state index in [9.17, 15) is 19.8 Å². The number of benzene rings is 1. The van der Waals surface area contributed by atoms with Crippen LogP contribution < -0.4 is 0 Å². The number of carboxylic acid groups (broad SMARTS) is 1.